The van der Waals surface area contributed by atoms with E-state index in [9.17, 15) is 8.78 Å². The Labute approximate surface area is 108 Å². The number of aromatic nitrogens is 1. The lowest BCUT2D eigenvalue weighted by Gasteiger charge is -2.07. The zero-order valence-electron chi connectivity index (χ0n) is 9.90. The third-order valence-electron chi connectivity index (χ3n) is 2.89. The second-order valence-corrected chi connectivity index (χ2v) is 4.28. The van der Waals surface area contributed by atoms with Crippen molar-refractivity contribution < 1.29 is 8.78 Å². The summed E-state index contributed by atoms with van der Waals surface area (Å²) in [5, 5.41) is 0.889. The number of nitrogens with zero attached hydrogens (tertiary/aromatic N) is 1. The van der Waals surface area contributed by atoms with E-state index in [4.69, 9.17) is 5.73 Å². The predicted octanol–water partition coefficient (Wildman–Crippen LogP) is 3.76. The van der Waals surface area contributed by atoms with Crippen LogP contribution in [-0.4, -0.2) is 4.98 Å². The van der Waals surface area contributed by atoms with E-state index in [-0.39, 0.29) is 0 Å². The molecule has 0 spiro atoms. The first-order valence-corrected chi connectivity index (χ1v) is 5.75. The highest BCUT2D eigenvalue weighted by Gasteiger charge is 2.09. The molecule has 3 aromatic rings. The molecule has 0 saturated heterocycles. The van der Waals surface area contributed by atoms with Gasteiger partial charge in [-0.3, -0.25) is 0 Å². The first-order valence-electron chi connectivity index (χ1n) is 5.75. The average Bonchev–Trinajstić information content (AvgIpc) is 2.36. The lowest BCUT2D eigenvalue weighted by Crippen LogP contribution is -1.95. The molecule has 2 N–H and O–H groups in total. The van der Waals surface area contributed by atoms with E-state index < -0.39 is 11.6 Å². The van der Waals surface area contributed by atoms with Crippen LogP contribution in [0.4, 0.5) is 14.5 Å². The van der Waals surface area contributed by atoms with Crippen LogP contribution < -0.4 is 5.73 Å². The number of fused-ring (bicyclic) bond motifs is 1. The molecule has 0 unspecified atom stereocenters. The quantitative estimate of drug-likeness (QED) is 0.720. The van der Waals surface area contributed by atoms with Crippen LogP contribution in [0.5, 0.6) is 0 Å². The Hall–Kier alpha value is -2.49. The van der Waals surface area contributed by atoms with Crippen molar-refractivity contribution in [2.24, 2.45) is 0 Å². The Kier molecular flexibility index (Phi) is 2.63. The van der Waals surface area contributed by atoms with Crippen LogP contribution in [0.1, 0.15) is 0 Å². The van der Waals surface area contributed by atoms with E-state index >= 15 is 0 Å². The first-order chi connectivity index (χ1) is 9.13. The van der Waals surface area contributed by atoms with Gasteiger partial charge in [0.2, 0.25) is 0 Å². The summed E-state index contributed by atoms with van der Waals surface area (Å²) >= 11 is 0. The molecule has 1 heterocycles. The average molecular weight is 256 g/mol. The van der Waals surface area contributed by atoms with Crippen molar-refractivity contribution in [3.8, 4) is 11.3 Å². The van der Waals surface area contributed by atoms with Crippen molar-refractivity contribution >= 4 is 16.6 Å². The molecule has 0 aliphatic rings. The SMILES string of the molecule is Nc1cc2ccccc2nc1-c1cc(F)cc(F)c1. The van der Waals surface area contributed by atoms with E-state index in [2.05, 4.69) is 4.98 Å². The monoisotopic (exact) mass is 256 g/mol. The third kappa shape index (κ3) is 2.12. The molecule has 0 aliphatic heterocycles. The van der Waals surface area contributed by atoms with Crippen molar-refractivity contribution in [2.45, 2.75) is 0 Å². The minimum absolute atomic E-state index is 0.334. The number of hydrogen-bond donors (Lipinski definition) is 1. The zero-order chi connectivity index (χ0) is 13.4. The second kappa shape index (κ2) is 4.31. The Morgan fingerprint density at radius 1 is 0.895 bits per heavy atom. The maximum Gasteiger partial charge on any atom is 0.126 e. The van der Waals surface area contributed by atoms with Crippen LogP contribution >= 0.6 is 0 Å². The Morgan fingerprint density at radius 2 is 1.58 bits per heavy atom. The van der Waals surface area contributed by atoms with Crippen molar-refractivity contribution in [3.63, 3.8) is 0 Å². The second-order valence-electron chi connectivity index (χ2n) is 4.28. The molecule has 0 saturated carbocycles. The fourth-order valence-corrected chi connectivity index (χ4v) is 2.05. The number of benzene rings is 2. The number of para-hydroxylation sites is 1. The lowest BCUT2D eigenvalue weighted by atomic mass is 10.1. The molecular weight excluding hydrogens is 246 g/mol. The molecule has 0 bridgehead atoms. The molecule has 2 aromatic carbocycles. The molecule has 4 heteroatoms. The summed E-state index contributed by atoms with van der Waals surface area (Å²) in [5.41, 5.74) is 7.76. The van der Waals surface area contributed by atoms with Gasteiger partial charge in [-0.05, 0) is 24.3 Å². The summed E-state index contributed by atoms with van der Waals surface area (Å²) in [5.74, 6) is -1.30. The summed E-state index contributed by atoms with van der Waals surface area (Å²) in [4.78, 5) is 4.37. The van der Waals surface area contributed by atoms with Crippen LogP contribution in [0, 0.1) is 11.6 Å². The standard InChI is InChI=1S/C15H10F2N2/c16-11-5-10(6-12(17)8-11)15-13(18)7-9-3-1-2-4-14(9)19-15/h1-8H,18H2. The molecule has 0 amide bonds. The van der Waals surface area contributed by atoms with Gasteiger partial charge >= 0.3 is 0 Å². The van der Waals surface area contributed by atoms with E-state index in [1.165, 1.54) is 12.1 Å². The molecule has 0 aliphatic carbocycles. The summed E-state index contributed by atoms with van der Waals surface area (Å²) in [6.45, 7) is 0. The van der Waals surface area contributed by atoms with Crippen LogP contribution in [0.25, 0.3) is 22.2 Å². The molecule has 3 rings (SSSR count). The molecule has 0 radical (unpaired) electrons. The van der Waals surface area contributed by atoms with E-state index in [1.54, 1.807) is 6.07 Å². The third-order valence-corrected chi connectivity index (χ3v) is 2.89. The van der Waals surface area contributed by atoms with Gasteiger partial charge in [0.25, 0.3) is 0 Å². The van der Waals surface area contributed by atoms with E-state index in [0.29, 0.717) is 16.9 Å². The van der Waals surface area contributed by atoms with Crippen molar-refractivity contribution in [3.05, 3.63) is 60.2 Å². The van der Waals surface area contributed by atoms with Gasteiger partial charge < -0.3 is 5.73 Å². The fourth-order valence-electron chi connectivity index (χ4n) is 2.05. The van der Waals surface area contributed by atoms with Gasteiger partial charge in [-0.1, -0.05) is 18.2 Å². The number of nitrogen functional groups attached to an aromatic ring is 1. The number of nitrogens with two attached hydrogens (primary N) is 1. The number of halogens is 2. The zero-order valence-corrected chi connectivity index (χ0v) is 9.90. The summed E-state index contributed by atoms with van der Waals surface area (Å²) < 4.78 is 26.5. The topological polar surface area (TPSA) is 38.9 Å². The minimum atomic E-state index is -0.649. The molecule has 0 fully saturated rings. The number of hydrogen-bond acceptors (Lipinski definition) is 2. The summed E-state index contributed by atoms with van der Waals surface area (Å²) in [7, 11) is 0. The van der Waals surface area contributed by atoms with Crippen LogP contribution in [0.2, 0.25) is 0 Å². The highest BCUT2D eigenvalue weighted by Crippen LogP contribution is 2.28. The Morgan fingerprint density at radius 3 is 2.32 bits per heavy atom. The summed E-state index contributed by atoms with van der Waals surface area (Å²) in [6, 6.07) is 12.4. The maximum atomic E-state index is 13.3. The Balaban J connectivity index is 2.26. The molecule has 19 heavy (non-hydrogen) atoms. The highest BCUT2D eigenvalue weighted by atomic mass is 19.1. The molecule has 0 atom stereocenters. The van der Waals surface area contributed by atoms with Gasteiger partial charge in [0, 0.05) is 17.0 Å². The van der Waals surface area contributed by atoms with Gasteiger partial charge in [0.05, 0.1) is 16.9 Å². The minimum Gasteiger partial charge on any atom is -0.397 e. The summed E-state index contributed by atoms with van der Waals surface area (Å²) in [6.07, 6.45) is 0. The smallest absolute Gasteiger partial charge is 0.126 e. The van der Waals surface area contributed by atoms with Gasteiger partial charge in [0.1, 0.15) is 11.6 Å². The fraction of sp³-hybridized carbons (Fsp3) is 0. The van der Waals surface area contributed by atoms with Gasteiger partial charge in [-0.25, -0.2) is 13.8 Å². The van der Waals surface area contributed by atoms with Crippen LogP contribution in [0.3, 0.4) is 0 Å². The van der Waals surface area contributed by atoms with Crippen molar-refractivity contribution in [1.29, 1.82) is 0 Å². The number of anilines is 1. The van der Waals surface area contributed by atoms with Gasteiger partial charge in [-0.2, -0.15) is 0 Å². The largest absolute Gasteiger partial charge is 0.397 e. The maximum absolute atomic E-state index is 13.3. The predicted molar refractivity (Wildman–Crippen MR) is 71.5 cm³/mol. The molecule has 1 aromatic heterocycles. The lowest BCUT2D eigenvalue weighted by molar-refractivity contribution is 0.584. The highest BCUT2D eigenvalue weighted by molar-refractivity contribution is 5.87. The van der Waals surface area contributed by atoms with E-state index in [1.807, 2.05) is 24.3 Å². The van der Waals surface area contributed by atoms with Gasteiger partial charge in [0.15, 0.2) is 0 Å². The normalized spacial score (nSPS) is 10.8. The van der Waals surface area contributed by atoms with Crippen LogP contribution in [0.15, 0.2) is 48.5 Å². The van der Waals surface area contributed by atoms with Gasteiger partial charge in [-0.15, -0.1) is 0 Å². The van der Waals surface area contributed by atoms with E-state index in [0.717, 1.165) is 17.0 Å². The number of rotatable bonds is 1. The molecular formula is C15H10F2N2. The Bertz CT molecular complexity index is 749. The van der Waals surface area contributed by atoms with Crippen molar-refractivity contribution in [2.75, 3.05) is 5.73 Å². The number of pyridine rings is 1. The molecule has 94 valence electrons. The first kappa shape index (κ1) is 11.6. The van der Waals surface area contributed by atoms with Crippen molar-refractivity contribution in [1.82, 2.24) is 4.98 Å². The van der Waals surface area contributed by atoms with Crippen LogP contribution in [-0.2, 0) is 0 Å². The molecule has 2 nitrogen and oxygen atoms in total.